The first kappa shape index (κ1) is 10.2. The molecule has 0 unspecified atom stereocenters. The molecule has 0 bridgehead atoms. The summed E-state index contributed by atoms with van der Waals surface area (Å²) in [7, 11) is 0. The van der Waals surface area contributed by atoms with Gasteiger partial charge in [0.05, 0.1) is 0 Å². The minimum atomic E-state index is -1.14. The van der Waals surface area contributed by atoms with Crippen molar-refractivity contribution in [3.8, 4) is 0 Å². The van der Waals surface area contributed by atoms with Crippen molar-refractivity contribution in [2.75, 3.05) is 6.54 Å². The van der Waals surface area contributed by atoms with Gasteiger partial charge in [-0.2, -0.15) is 0 Å². The van der Waals surface area contributed by atoms with E-state index < -0.39 is 18.4 Å². The number of hydrazine groups is 1. The highest BCUT2D eigenvalue weighted by Gasteiger charge is 2.13. The molecule has 1 aromatic carbocycles. The van der Waals surface area contributed by atoms with Gasteiger partial charge in [0.15, 0.2) is 0 Å². The van der Waals surface area contributed by atoms with Gasteiger partial charge in [0.25, 0.3) is 5.91 Å². The van der Waals surface area contributed by atoms with Gasteiger partial charge in [0, 0.05) is 5.56 Å². The van der Waals surface area contributed by atoms with E-state index in [-0.39, 0.29) is 0 Å². The maximum atomic E-state index is 11.4. The fourth-order valence-corrected chi connectivity index (χ4v) is 0.964. The van der Waals surface area contributed by atoms with Gasteiger partial charge in [-0.3, -0.25) is 14.6 Å². The normalized spacial score (nSPS) is 9.50. The predicted octanol–water partition coefficient (Wildman–Crippen LogP) is 0.0871. The third-order valence-corrected chi connectivity index (χ3v) is 1.59. The molecule has 5 heteroatoms. The number of hydrogen-bond acceptors (Lipinski definition) is 3. The van der Waals surface area contributed by atoms with Crippen molar-refractivity contribution in [1.82, 2.24) is 5.01 Å². The second-order valence-electron chi connectivity index (χ2n) is 2.69. The van der Waals surface area contributed by atoms with Gasteiger partial charge >= 0.3 is 5.97 Å². The van der Waals surface area contributed by atoms with Gasteiger partial charge in [-0.1, -0.05) is 18.2 Å². The zero-order valence-electron chi connectivity index (χ0n) is 7.38. The molecule has 0 aromatic heterocycles. The summed E-state index contributed by atoms with van der Waals surface area (Å²) in [6, 6.07) is 8.27. The van der Waals surface area contributed by atoms with Gasteiger partial charge in [-0.15, -0.1) is 0 Å². The first-order valence-corrected chi connectivity index (χ1v) is 3.94. The van der Waals surface area contributed by atoms with E-state index in [0.29, 0.717) is 10.6 Å². The van der Waals surface area contributed by atoms with Gasteiger partial charge in [-0.25, -0.2) is 5.84 Å². The maximum Gasteiger partial charge on any atom is 0.324 e. The quantitative estimate of drug-likeness (QED) is 0.405. The van der Waals surface area contributed by atoms with E-state index in [1.807, 2.05) is 0 Å². The summed E-state index contributed by atoms with van der Waals surface area (Å²) in [5.74, 6) is 3.60. The first-order chi connectivity index (χ1) is 6.61. The highest BCUT2D eigenvalue weighted by Crippen LogP contribution is 2.00. The molecule has 0 aliphatic rings. The van der Waals surface area contributed by atoms with E-state index in [0.717, 1.165) is 0 Å². The first-order valence-electron chi connectivity index (χ1n) is 3.94. The van der Waals surface area contributed by atoms with Crippen molar-refractivity contribution in [3.05, 3.63) is 35.9 Å². The molecule has 0 saturated heterocycles. The Hall–Kier alpha value is -1.88. The molecule has 0 heterocycles. The number of hydrogen-bond donors (Lipinski definition) is 2. The number of nitrogens with two attached hydrogens (primary N) is 1. The smallest absolute Gasteiger partial charge is 0.324 e. The summed E-state index contributed by atoms with van der Waals surface area (Å²) in [5.41, 5.74) is 0.372. The van der Waals surface area contributed by atoms with Crippen molar-refractivity contribution in [1.29, 1.82) is 0 Å². The second kappa shape index (κ2) is 4.38. The molecule has 1 aromatic rings. The Kier molecular flexibility index (Phi) is 3.19. The van der Waals surface area contributed by atoms with E-state index >= 15 is 0 Å². The van der Waals surface area contributed by atoms with E-state index in [1.54, 1.807) is 30.3 Å². The summed E-state index contributed by atoms with van der Waals surface area (Å²) in [4.78, 5) is 21.7. The monoisotopic (exact) mass is 194 g/mol. The molecular weight excluding hydrogens is 184 g/mol. The lowest BCUT2D eigenvalue weighted by Crippen LogP contribution is -2.41. The zero-order valence-corrected chi connectivity index (χ0v) is 7.38. The molecule has 1 amide bonds. The van der Waals surface area contributed by atoms with Crippen molar-refractivity contribution in [3.63, 3.8) is 0 Å². The third kappa shape index (κ3) is 2.56. The highest BCUT2D eigenvalue weighted by atomic mass is 16.4. The number of aliphatic carboxylic acids is 1. The lowest BCUT2D eigenvalue weighted by Gasteiger charge is -2.13. The molecule has 3 N–H and O–H groups in total. The predicted molar refractivity (Wildman–Crippen MR) is 49.3 cm³/mol. The summed E-state index contributed by atoms with van der Waals surface area (Å²) < 4.78 is 0. The van der Waals surface area contributed by atoms with Crippen molar-refractivity contribution >= 4 is 11.9 Å². The molecule has 0 radical (unpaired) electrons. The van der Waals surface area contributed by atoms with Crippen LogP contribution in [0.3, 0.4) is 0 Å². The summed E-state index contributed by atoms with van der Waals surface area (Å²) in [6.45, 7) is -0.506. The van der Waals surface area contributed by atoms with Crippen LogP contribution in [0.15, 0.2) is 30.3 Å². The van der Waals surface area contributed by atoms with E-state index in [1.165, 1.54) is 0 Å². The molecule has 1 rings (SSSR count). The number of nitrogens with zero attached hydrogens (tertiary/aromatic N) is 1. The SMILES string of the molecule is NN(CC(=O)O)C(=O)c1ccccc1. The van der Waals surface area contributed by atoms with Crippen LogP contribution in [0.4, 0.5) is 0 Å². The van der Waals surface area contributed by atoms with Crippen molar-refractivity contribution < 1.29 is 14.7 Å². The molecule has 0 saturated carbocycles. The second-order valence-corrected chi connectivity index (χ2v) is 2.69. The van der Waals surface area contributed by atoms with Crippen LogP contribution in [0.25, 0.3) is 0 Å². The van der Waals surface area contributed by atoms with Crippen LogP contribution in [0.2, 0.25) is 0 Å². The highest BCUT2D eigenvalue weighted by molar-refractivity contribution is 5.95. The maximum absolute atomic E-state index is 11.4. The number of carbonyl (C=O) groups is 2. The Bertz CT molecular complexity index is 337. The fourth-order valence-electron chi connectivity index (χ4n) is 0.964. The average molecular weight is 194 g/mol. The number of carboxylic acid groups (broad SMARTS) is 1. The average Bonchev–Trinajstić information content (AvgIpc) is 2.17. The minimum absolute atomic E-state index is 0.372. The molecule has 0 fully saturated rings. The van der Waals surface area contributed by atoms with E-state index in [2.05, 4.69) is 0 Å². The van der Waals surface area contributed by atoms with Gasteiger partial charge in [0.2, 0.25) is 0 Å². The molecule has 0 spiro atoms. The van der Waals surface area contributed by atoms with Gasteiger partial charge < -0.3 is 5.11 Å². The number of benzene rings is 1. The van der Waals surface area contributed by atoms with Gasteiger partial charge in [-0.05, 0) is 12.1 Å². The molecule has 14 heavy (non-hydrogen) atoms. The Labute approximate surface area is 80.7 Å². The number of carbonyl (C=O) groups excluding carboxylic acids is 1. The number of rotatable bonds is 3. The van der Waals surface area contributed by atoms with Crippen molar-refractivity contribution in [2.24, 2.45) is 5.84 Å². The van der Waals surface area contributed by atoms with Crippen LogP contribution in [0.1, 0.15) is 10.4 Å². The van der Waals surface area contributed by atoms with Crippen LogP contribution in [-0.4, -0.2) is 28.5 Å². The van der Waals surface area contributed by atoms with Crippen LogP contribution >= 0.6 is 0 Å². The van der Waals surface area contributed by atoms with Crippen LogP contribution in [-0.2, 0) is 4.79 Å². The fraction of sp³-hybridized carbons (Fsp3) is 0.111. The van der Waals surface area contributed by atoms with Crippen LogP contribution in [0, 0.1) is 0 Å². The Morgan fingerprint density at radius 1 is 1.29 bits per heavy atom. The molecule has 74 valence electrons. The van der Waals surface area contributed by atoms with E-state index in [9.17, 15) is 9.59 Å². The van der Waals surface area contributed by atoms with Crippen LogP contribution < -0.4 is 5.84 Å². The topological polar surface area (TPSA) is 83.6 Å². The third-order valence-electron chi connectivity index (χ3n) is 1.59. The standard InChI is InChI=1S/C9H10N2O3/c10-11(6-8(12)13)9(14)7-4-2-1-3-5-7/h1-5H,6,10H2,(H,12,13). The Morgan fingerprint density at radius 2 is 1.86 bits per heavy atom. The molecule has 0 atom stereocenters. The Morgan fingerprint density at radius 3 is 2.36 bits per heavy atom. The van der Waals surface area contributed by atoms with Gasteiger partial charge in [0.1, 0.15) is 6.54 Å². The number of amides is 1. The van der Waals surface area contributed by atoms with E-state index in [4.69, 9.17) is 10.9 Å². The lowest BCUT2D eigenvalue weighted by molar-refractivity contribution is -0.137. The lowest BCUT2D eigenvalue weighted by atomic mass is 10.2. The molecular formula is C9H10N2O3. The summed E-state index contributed by atoms with van der Waals surface area (Å²) >= 11 is 0. The van der Waals surface area contributed by atoms with Crippen LogP contribution in [0.5, 0.6) is 0 Å². The minimum Gasteiger partial charge on any atom is -0.480 e. The summed E-state index contributed by atoms with van der Waals surface area (Å²) in [6.07, 6.45) is 0. The summed E-state index contributed by atoms with van der Waals surface area (Å²) in [5, 5.41) is 9.07. The van der Waals surface area contributed by atoms with Crippen molar-refractivity contribution in [2.45, 2.75) is 0 Å². The molecule has 5 nitrogen and oxygen atoms in total. The molecule has 0 aliphatic heterocycles. The zero-order chi connectivity index (χ0) is 10.6. The Balaban J connectivity index is 2.71. The molecule has 0 aliphatic carbocycles. The number of carboxylic acids is 1. The largest absolute Gasteiger partial charge is 0.480 e.